The normalized spacial score (nSPS) is 17.0. The highest BCUT2D eigenvalue weighted by Gasteiger charge is 2.38. The van der Waals surface area contributed by atoms with Crippen LogP contribution in [0.1, 0.15) is 37.7 Å². The second-order valence-corrected chi connectivity index (χ2v) is 5.19. The monoisotopic (exact) mass is 307 g/mol. The summed E-state index contributed by atoms with van der Waals surface area (Å²) in [4.78, 5) is 20.5. The highest BCUT2D eigenvalue weighted by Crippen LogP contribution is 2.37. The van der Waals surface area contributed by atoms with Crippen LogP contribution >= 0.6 is 0 Å². The number of aliphatic hydroxyl groups is 1. The molecule has 0 saturated heterocycles. The van der Waals surface area contributed by atoms with E-state index in [1.54, 1.807) is 0 Å². The Balaban J connectivity index is 0.000000644. The first-order valence-electron chi connectivity index (χ1n) is 7.14. The van der Waals surface area contributed by atoms with E-state index in [-0.39, 0.29) is 12.1 Å². The van der Waals surface area contributed by atoms with E-state index in [0.29, 0.717) is 0 Å². The van der Waals surface area contributed by atoms with Crippen molar-refractivity contribution < 1.29 is 19.8 Å². The molecule has 0 bridgehead atoms. The molecule has 0 radical (unpaired) electrons. The predicted molar refractivity (Wildman–Crippen MR) is 85.8 cm³/mol. The molecule has 1 aliphatic carbocycles. The fourth-order valence-electron chi connectivity index (χ4n) is 2.65. The van der Waals surface area contributed by atoms with Crippen LogP contribution in [-0.2, 0) is 15.2 Å². The molecule has 2 rings (SSSR count). The lowest BCUT2D eigenvalue weighted by atomic mass is 9.74. The molecule has 1 unspecified atom stereocenters. The lowest BCUT2D eigenvalue weighted by Crippen LogP contribution is -2.38. The second kappa shape index (κ2) is 9.87. The van der Waals surface area contributed by atoms with E-state index < -0.39 is 11.6 Å². The van der Waals surface area contributed by atoms with E-state index in [9.17, 15) is 14.7 Å². The first-order chi connectivity index (χ1) is 10.0. The standard InChI is InChI=1S/C14H18O2.C3H4O2.H3N/c15-11-14(16,12-7-3-1-4-8-12)13-9-5-2-6-10-13;1-2-3(4)5;/h1,3-4,7-8,11,13,16H,2,5-6,9-10H2;2H,1H2,(H,4,5);1H3. The van der Waals surface area contributed by atoms with Crippen LogP contribution in [0.2, 0.25) is 0 Å². The van der Waals surface area contributed by atoms with Crippen molar-refractivity contribution >= 4 is 12.3 Å². The third-order valence-corrected chi connectivity index (χ3v) is 3.82. The number of hydrogen-bond acceptors (Lipinski definition) is 4. The van der Waals surface area contributed by atoms with Gasteiger partial charge in [0.25, 0.3) is 0 Å². The van der Waals surface area contributed by atoms with E-state index in [4.69, 9.17) is 5.11 Å². The second-order valence-electron chi connectivity index (χ2n) is 5.19. The Kier molecular flexibility index (Phi) is 8.98. The lowest BCUT2D eigenvalue weighted by molar-refractivity contribution is -0.133. The van der Waals surface area contributed by atoms with Gasteiger partial charge in [0, 0.05) is 6.08 Å². The third kappa shape index (κ3) is 5.42. The summed E-state index contributed by atoms with van der Waals surface area (Å²) in [5.41, 5.74) is -0.543. The maximum Gasteiger partial charge on any atom is 0.327 e. The lowest BCUT2D eigenvalue weighted by Gasteiger charge is -2.34. The summed E-state index contributed by atoms with van der Waals surface area (Å²) < 4.78 is 0. The quantitative estimate of drug-likeness (QED) is 0.585. The zero-order chi connectivity index (χ0) is 15.7. The molecule has 1 aromatic rings. The maximum absolute atomic E-state index is 11.3. The van der Waals surface area contributed by atoms with Crippen LogP contribution in [0, 0.1) is 5.92 Å². The smallest absolute Gasteiger partial charge is 0.327 e. The fourth-order valence-corrected chi connectivity index (χ4v) is 2.65. The average molecular weight is 307 g/mol. The highest BCUT2D eigenvalue weighted by atomic mass is 16.4. The summed E-state index contributed by atoms with van der Waals surface area (Å²) in [6.45, 7) is 2.96. The number of carbonyl (C=O) groups excluding carboxylic acids is 1. The molecular weight excluding hydrogens is 282 g/mol. The van der Waals surface area contributed by atoms with Crippen molar-refractivity contribution in [3.63, 3.8) is 0 Å². The van der Waals surface area contributed by atoms with Crippen molar-refractivity contribution in [1.82, 2.24) is 6.15 Å². The minimum Gasteiger partial charge on any atom is -0.478 e. The Morgan fingerprint density at radius 3 is 2.09 bits per heavy atom. The van der Waals surface area contributed by atoms with E-state index in [1.807, 2.05) is 30.3 Å². The van der Waals surface area contributed by atoms with Crippen molar-refractivity contribution in [2.75, 3.05) is 0 Å². The summed E-state index contributed by atoms with van der Waals surface area (Å²) in [6, 6.07) is 9.31. The SMILES string of the molecule is C=CC(=O)O.N.O=CC(O)(c1ccccc1)C1CCCCC1. The predicted octanol–water partition coefficient (Wildman–Crippen LogP) is 3.07. The van der Waals surface area contributed by atoms with Gasteiger partial charge in [-0.05, 0) is 24.3 Å². The number of carbonyl (C=O) groups is 2. The molecule has 1 aromatic carbocycles. The number of carboxylic acid groups (broad SMARTS) is 1. The van der Waals surface area contributed by atoms with Crippen molar-refractivity contribution in [1.29, 1.82) is 0 Å². The number of rotatable bonds is 4. The van der Waals surface area contributed by atoms with Gasteiger partial charge in [0.1, 0.15) is 5.60 Å². The van der Waals surface area contributed by atoms with Crippen molar-refractivity contribution in [3.8, 4) is 0 Å². The first-order valence-corrected chi connectivity index (χ1v) is 7.14. The number of hydrogen-bond donors (Lipinski definition) is 3. The number of carboxylic acids is 1. The van der Waals surface area contributed by atoms with Crippen molar-refractivity contribution in [2.45, 2.75) is 37.7 Å². The zero-order valence-corrected chi connectivity index (χ0v) is 12.8. The Morgan fingerprint density at radius 2 is 1.68 bits per heavy atom. The van der Waals surface area contributed by atoms with Crippen LogP contribution in [0.15, 0.2) is 43.0 Å². The van der Waals surface area contributed by atoms with Crippen LogP contribution in [0.4, 0.5) is 0 Å². The van der Waals surface area contributed by atoms with E-state index >= 15 is 0 Å². The number of aliphatic carboxylic acids is 1. The molecule has 0 aromatic heterocycles. The Bertz CT molecular complexity index is 469. The molecule has 0 amide bonds. The Labute approximate surface area is 131 Å². The molecule has 0 spiro atoms. The Morgan fingerprint density at radius 1 is 1.18 bits per heavy atom. The van der Waals surface area contributed by atoms with Gasteiger partial charge >= 0.3 is 5.97 Å². The van der Waals surface area contributed by atoms with Gasteiger partial charge in [-0.25, -0.2) is 4.79 Å². The minimum absolute atomic E-state index is 0. The minimum atomic E-state index is -1.28. The molecule has 22 heavy (non-hydrogen) atoms. The topological polar surface area (TPSA) is 110 Å². The van der Waals surface area contributed by atoms with Crippen LogP contribution in [0.25, 0.3) is 0 Å². The molecule has 5 heteroatoms. The maximum atomic E-state index is 11.3. The zero-order valence-electron chi connectivity index (χ0n) is 12.8. The van der Waals surface area contributed by atoms with Gasteiger partial charge in [0.2, 0.25) is 0 Å². The number of aldehydes is 1. The average Bonchev–Trinajstić information content (AvgIpc) is 2.56. The summed E-state index contributed by atoms with van der Waals surface area (Å²) in [7, 11) is 0. The molecular formula is C17H25NO4. The van der Waals surface area contributed by atoms with Crippen molar-refractivity contribution in [3.05, 3.63) is 48.6 Å². The van der Waals surface area contributed by atoms with E-state index in [0.717, 1.165) is 43.6 Å². The summed E-state index contributed by atoms with van der Waals surface area (Å²) in [5.74, 6) is -0.897. The fraction of sp³-hybridized carbons (Fsp3) is 0.412. The summed E-state index contributed by atoms with van der Waals surface area (Å²) in [5, 5.41) is 18.2. The van der Waals surface area contributed by atoms with Gasteiger partial charge in [0.15, 0.2) is 6.29 Å². The summed E-state index contributed by atoms with van der Waals surface area (Å²) >= 11 is 0. The molecule has 122 valence electrons. The number of benzene rings is 1. The van der Waals surface area contributed by atoms with Crippen LogP contribution in [0.5, 0.6) is 0 Å². The van der Waals surface area contributed by atoms with E-state index in [1.165, 1.54) is 6.42 Å². The van der Waals surface area contributed by atoms with Gasteiger partial charge in [-0.2, -0.15) is 0 Å². The summed E-state index contributed by atoms with van der Waals surface area (Å²) in [6.07, 6.45) is 6.91. The molecule has 1 saturated carbocycles. The molecule has 0 aliphatic heterocycles. The van der Waals surface area contributed by atoms with Gasteiger partial charge in [-0.15, -0.1) is 0 Å². The van der Waals surface area contributed by atoms with Gasteiger partial charge in [0.05, 0.1) is 0 Å². The Hall–Kier alpha value is -1.98. The molecule has 0 heterocycles. The van der Waals surface area contributed by atoms with Crippen molar-refractivity contribution in [2.24, 2.45) is 5.92 Å². The van der Waals surface area contributed by atoms with E-state index in [2.05, 4.69) is 6.58 Å². The molecule has 1 aliphatic rings. The largest absolute Gasteiger partial charge is 0.478 e. The van der Waals surface area contributed by atoms with Crippen LogP contribution in [-0.4, -0.2) is 22.5 Å². The molecule has 5 N–H and O–H groups in total. The molecule has 1 atom stereocenters. The highest BCUT2D eigenvalue weighted by molar-refractivity contribution is 5.78. The third-order valence-electron chi connectivity index (χ3n) is 3.82. The van der Waals surface area contributed by atoms with Gasteiger partial charge < -0.3 is 16.4 Å². The molecule has 1 fully saturated rings. The van der Waals surface area contributed by atoms with Gasteiger partial charge in [-0.3, -0.25) is 4.79 Å². The first kappa shape index (κ1) is 20.0. The van der Waals surface area contributed by atoms with Crippen LogP contribution in [0.3, 0.4) is 0 Å². The molecule has 5 nitrogen and oxygen atoms in total. The van der Waals surface area contributed by atoms with Crippen LogP contribution < -0.4 is 6.15 Å². The van der Waals surface area contributed by atoms with Gasteiger partial charge in [-0.1, -0.05) is 56.2 Å².